The van der Waals surface area contributed by atoms with Gasteiger partial charge in [0.15, 0.2) is 0 Å². The van der Waals surface area contributed by atoms with Crippen LogP contribution in [0.25, 0.3) is 0 Å². The van der Waals surface area contributed by atoms with Crippen molar-refractivity contribution in [1.29, 1.82) is 0 Å². The van der Waals surface area contributed by atoms with Crippen molar-refractivity contribution >= 4 is 5.78 Å². The molecule has 1 aliphatic rings. The van der Waals surface area contributed by atoms with E-state index in [1.54, 1.807) is 0 Å². The molecule has 2 unspecified atom stereocenters. The summed E-state index contributed by atoms with van der Waals surface area (Å²) >= 11 is 0. The lowest BCUT2D eigenvalue weighted by atomic mass is 9.84. The summed E-state index contributed by atoms with van der Waals surface area (Å²) in [5, 5.41) is 0. The van der Waals surface area contributed by atoms with Crippen LogP contribution in [0.5, 0.6) is 0 Å². The highest BCUT2D eigenvalue weighted by Gasteiger charge is 2.29. The summed E-state index contributed by atoms with van der Waals surface area (Å²) in [4.78, 5) is 13.7. The molecule has 76 valence electrons. The van der Waals surface area contributed by atoms with Gasteiger partial charge in [-0.05, 0) is 25.4 Å². The molecule has 0 aromatic heterocycles. The number of nitrogens with zero attached hydrogens (tertiary/aromatic N) is 1. The first kappa shape index (κ1) is 10.7. The molecule has 2 nitrogen and oxygen atoms in total. The second-order valence-electron chi connectivity index (χ2n) is 4.05. The summed E-state index contributed by atoms with van der Waals surface area (Å²) in [5.41, 5.74) is 0. The fraction of sp³-hybridized carbons (Fsp3) is 0.909. The maximum Gasteiger partial charge on any atom is 0.134 e. The summed E-state index contributed by atoms with van der Waals surface area (Å²) in [5.74, 6) is 1.15. The Morgan fingerprint density at radius 3 is 2.54 bits per heavy atom. The molecule has 1 saturated carbocycles. The molecule has 13 heavy (non-hydrogen) atoms. The van der Waals surface area contributed by atoms with E-state index < -0.39 is 0 Å². The van der Waals surface area contributed by atoms with Crippen molar-refractivity contribution in [3.8, 4) is 0 Å². The van der Waals surface area contributed by atoms with Gasteiger partial charge in [-0.1, -0.05) is 20.8 Å². The summed E-state index contributed by atoms with van der Waals surface area (Å²) < 4.78 is 0. The van der Waals surface area contributed by atoms with Crippen molar-refractivity contribution in [1.82, 2.24) is 4.90 Å². The van der Waals surface area contributed by atoms with Crippen LogP contribution in [0.4, 0.5) is 0 Å². The van der Waals surface area contributed by atoms with Crippen molar-refractivity contribution in [3.63, 3.8) is 0 Å². The maximum absolute atomic E-state index is 11.3. The SMILES string of the molecule is CCN(CC)C1CC(=O)CCC1C. The number of Topliss-reactive ketones (excluding diaryl/α,β-unsaturated/α-hetero) is 1. The van der Waals surface area contributed by atoms with E-state index >= 15 is 0 Å². The van der Waals surface area contributed by atoms with Gasteiger partial charge in [-0.3, -0.25) is 4.79 Å². The van der Waals surface area contributed by atoms with Crippen LogP contribution in [0.1, 0.15) is 40.0 Å². The topological polar surface area (TPSA) is 20.3 Å². The average molecular weight is 183 g/mol. The number of hydrogen-bond acceptors (Lipinski definition) is 2. The predicted molar refractivity (Wildman–Crippen MR) is 54.7 cm³/mol. The van der Waals surface area contributed by atoms with E-state index in [4.69, 9.17) is 0 Å². The van der Waals surface area contributed by atoms with E-state index in [0.717, 1.165) is 32.4 Å². The standard InChI is InChI=1S/C11H21NO/c1-4-12(5-2)11-8-10(13)7-6-9(11)3/h9,11H,4-8H2,1-3H3. The highest BCUT2D eigenvalue weighted by Crippen LogP contribution is 2.25. The Kier molecular flexibility index (Phi) is 3.91. The highest BCUT2D eigenvalue weighted by molar-refractivity contribution is 5.79. The molecule has 0 heterocycles. The zero-order valence-corrected chi connectivity index (χ0v) is 9.05. The van der Waals surface area contributed by atoms with Gasteiger partial charge in [-0.25, -0.2) is 0 Å². The number of ketones is 1. The Hall–Kier alpha value is -0.370. The lowest BCUT2D eigenvalue weighted by Crippen LogP contribution is -2.43. The van der Waals surface area contributed by atoms with E-state index in [2.05, 4.69) is 25.7 Å². The van der Waals surface area contributed by atoms with Crippen LogP contribution in [0, 0.1) is 5.92 Å². The highest BCUT2D eigenvalue weighted by atomic mass is 16.1. The Balaban J connectivity index is 2.58. The summed E-state index contributed by atoms with van der Waals surface area (Å²) in [7, 11) is 0. The van der Waals surface area contributed by atoms with Crippen LogP contribution in [-0.2, 0) is 4.79 Å². The molecule has 0 aromatic carbocycles. The fourth-order valence-electron chi connectivity index (χ4n) is 2.30. The molecule has 0 aromatic rings. The first-order chi connectivity index (χ1) is 6.19. The van der Waals surface area contributed by atoms with E-state index in [1.807, 2.05) is 0 Å². The third kappa shape index (κ3) is 2.53. The molecule has 0 aliphatic heterocycles. The van der Waals surface area contributed by atoms with Crippen molar-refractivity contribution in [2.45, 2.75) is 46.1 Å². The average Bonchev–Trinajstić information content (AvgIpc) is 2.13. The Labute approximate surface area is 81.3 Å². The number of rotatable bonds is 3. The van der Waals surface area contributed by atoms with Crippen molar-refractivity contribution in [2.24, 2.45) is 5.92 Å². The predicted octanol–water partition coefficient (Wildman–Crippen LogP) is 2.09. The summed E-state index contributed by atoms with van der Waals surface area (Å²) in [6.07, 6.45) is 2.67. The summed E-state index contributed by atoms with van der Waals surface area (Å²) in [6.45, 7) is 8.76. The van der Waals surface area contributed by atoms with E-state index in [1.165, 1.54) is 0 Å². The van der Waals surface area contributed by atoms with Gasteiger partial charge in [-0.15, -0.1) is 0 Å². The second kappa shape index (κ2) is 4.75. The normalized spacial score (nSPS) is 29.7. The van der Waals surface area contributed by atoms with Crippen LogP contribution < -0.4 is 0 Å². The van der Waals surface area contributed by atoms with Crippen LogP contribution in [-0.4, -0.2) is 29.8 Å². The van der Waals surface area contributed by atoms with Gasteiger partial charge in [0.25, 0.3) is 0 Å². The molecule has 2 atom stereocenters. The zero-order valence-electron chi connectivity index (χ0n) is 9.05. The molecule has 0 saturated heterocycles. The Bertz CT molecular complexity index is 175. The minimum atomic E-state index is 0.454. The van der Waals surface area contributed by atoms with Gasteiger partial charge >= 0.3 is 0 Å². The molecule has 0 bridgehead atoms. The minimum Gasteiger partial charge on any atom is -0.300 e. The van der Waals surface area contributed by atoms with E-state index in [-0.39, 0.29) is 0 Å². The van der Waals surface area contributed by atoms with Gasteiger partial charge in [0.1, 0.15) is 5.78 Å². The van der Waals surface area contributed by atoms with Crippen molar-refractivity contribution in [3.05, 3.63) is 0 Å². The lowest BCUT2D eigenvalue weighted by Gasteiger charge is -2.36. The van der Waals surface area contributed by atoms with Gasteiger partial charge < -0.3 is 4.90 Å². The van der Waals surface area contributed by atoms with Crippen molar-refractivity contribution < 1.29 is 4.79 Å². The third-order valence-corrected chi connectivity index (χ3v) is 3.25. The number of carbonyl (C=O) groups is 1. The van der Waals surface area contributed by atoms with E-state index in [9.17, 15) is 4.79 Å². The largest absolute Gasteiger partial charge is 0.300 e. The fourth-order valence-corrected chi connectivity index (χ4v) is 2.30. The number of carbonyl (C=O) groups excluding carboxylic acids is 1. The molecule has 0 amide bonds. The number of hydrogen-bond donors (Lipinski definition) is 0. The Morgan fingerprint density at radius 1 is 1.38 bits per heavy atom. The molecule has 0 N–H and O–H groups in total. The van der Waals surface area contributed by atoms with E-state index in [0.29, 0.717) is 17.7 Å². The van der Waals surface area contributed by atoms with Gasteiger partial charge in [0, 0.05) is 18.9 Å². The molecule has 1 aliphatic carbocycles. The maximum atomic E-state index is 11.3. The molecule has 1 fully saturated rings. The molecule has 0 radical (unpaired) electrons. The van der Waals surface area contributed by atoms with Crippen LogP contribution >= 0.6 is 0 Å². The third-order valence-electron chi connectivity index (χ3n) is 3.25. The van der Waals surface area contributed by atoms with Gasteiger partial charge in [0.2, 0.25) is 0 Å². The lowest BCUT2D eigenvalue weighted by molar-refractivity contribution is -0.123. The quantitative estimate of drug-likeness (QED) is 0.667. The second-order valence-corrected chi connectivity index (χ2v) is 4.05. The van der Waals surface area contributed by atoms with Gasteiger partial charge in [0.05, 0.1) is 0 Å². The van der Waals surface area contributed by atoms with Gasteiger partial charge in [-0.2, -0.15) is 0 Å². The van der Waals surface area contributed by atoms with Crippen LogP contribution in [0.2, 0.25) is 0 Å². The van der Waals surface area contributed by atoms with Crippen molar-refractivity contribution in [2.75, 3.05) is 13.1 Å². The molecule has 0 spiro atoms. The monoisotopic (exact) mass is 183 g/mol. The van der Waals surface area contributed by atoms with Crippen LogP contribution in [0.3, 0.4) is 0 Å². The Morgan fingerprint density at radius 2 is 2.00 bits per heavy atom. The first-order valence-corrected chi connectivity index (χ1v) is 5.44. The zero-order chi connectivity index (χ0) is 9.84. The smallest absolute Gasteiger partial charge is 0.134 e. The van der Waals surface area contributed by atoms with Crippen LogP contribution in [0.15, 0.2) is 0 Å². The first-order valence-electron chi connectivity index (χ1n) is 5.44. The minimum absolute atomic E-state index is 0.454. The molecular formula is C11H21NO. The molecule has 2 heteroatoms. The molecule has 1 rings (SSSR count). The summed E-state index contributed by atoms with van der Waals surface area (Å²) in [6, 6.07) is 0.510. The molecular weight excluding hydrogens is 162 g/mol.